The number of rotatable bonds is 3. The number of nitrogens with zero attached hydrogens (tertiary/aromatic N) is 3. The van der Waals surface area contributed by atoms with Crippen LogP contribution in [0.5, 0.6) is 0 Å². The molecule has 0 aromatic carbocycles. The second-order valence-corrected chi connectivity index (χ2v) is 2.01. The van der Waals surface area contributed by atoms with Crippen LogP contribution in [0.2, 0.25) is 0 Å². The quantitative estimate of drug-likeness (QED) is 0.618. The van der Waals surface area contributed by atoms with E-state index in [2.05, 4.69) is 10.1 Å². The fourth-order valence-electron chi connectivity index (χ4n) is 0.599. The normalized spacial score (nSPS) is 9.55. The zero-order valence-corrected chi connectivity index (χ0v) is 6.23. The van der Waals surface area contributed by atoms with Crippen LogP contribution < -0.4 is 4.84 Å². The highest BCUT2D eigenvalue weighted by Crippen LogP contribution is 1.87. The summed E-state index contributed by atoms with van der Waals surface area (Å²) < 4.78 is 0. The number of carbonyl (C=O) groups is 1. The van der Waals surface area contributed by atoms with Gasteiger partial charge in [-0.05, 0) is 6.42 Å². The Bertz CT molecular complexity index is 220. The highest BCUT2D eigenvalue weighted by molar-refractivity contribution is 5.69. The molecule has 0 radical (unpaired) electrons. The summed E-state index contributed by atoms with van der Waals surface area (Å²) in [7, 11) is 0. The topological polar surface area (TPSA) is 57.0 Å². The lowest BCUT2D eigenvalue weighted by Crippen LogP contribution is -2.19. The maximum Gasteiger partial charge on any atom is 0.335 e. The summed E-state index contributed by atoms with van der Waals surface area (Å²) in [5, 5.41) is 3.60. The maximum atomic E-state index is 10.8. The molecule has 0 bridgehead atoms. The van der Waals surface area contributed by atoms with Crippen molar-refractivity contribution in [1.29, 1.82) is 0 Å². The molecule has 1 aromatic heterocycles. The van der Waals surface area contributed by atoms with Gasteiger partial charge in [-0.15, -0.1) is 5.10 Å². The van der Waals surface area contributed by atoms with Crippen molar-refractivity contribution in [2.45, 2.75) is 19.8 Å². The van der Waals surface area contributed by atoms with Crippen LogP contribution in [-0.4, -0.2) is 20.9 Å². The molecular weight excluding hydrogens is 146 g/mol. The molecular formula is C6H9N3O2. The van der Waals surface area contributed by atoms with E-state index in [1.807, 2.05) is 6.92 Å². The highest BCUT2D eigenvalue weighted by atomic mass is 16.7. The van der Waals surface area contributed by atoms with Gasteiger partial charge >= 0.3 is 5.97 Å². The Morgan fingerprint density at radius 2 is 2.55 bits per heavy atom. The van der Waals surface area contributed by atoms with E-state index < -0.39 is 0 Å². The number of carbonyl (C=O) groups excluding carboxylic acids is 1. The van der Waals surface area contributed by atoms with Crippen LogP contribution in [0.3, 0.4) is 0 Å². The van der Waals surface area contributed by atoms with Gasteiger partial charge in [0.2, 0.25) is 0 Å². The van der Waals surface area contributed by atoms with E-state index in [-0.39, 0.29) is 5.97 Å². The van der Waals surface area contributed by atoms with Gasteiger partial charge in [0.1, 0.15) is 6.33 Å². The lowest BCUT2D eigenvalue weighted by atomic mass is 10.3. The Morgan fingerprint density at radius 3 is 3.09 bits per heavy atom. The molecule has 0 aliphatic heterocycles. The van der Waals surface area contributed by atoms with E-state index in [1.54, 1.807) is 0 Å². The van der Waals surface area contributed by atoms with Crippen molar-refractivity contribution < 1.29 is 9.63 Å². The molecule has 0 amide bonds. The van der Waals surface area contributed by atoms with Crippen LogP contribution in [0.1, 0.15) is 19.8 Å². The largest absolute Gasteiger partial charge is 0.335 e. The third-order valence-corrected chi connectivity index (χ3v) is 1.05. The van der Waals surface area contributed by atoms with Gasteiger partial charge < -0.3 is 4.84 Å². The number of hydrogen-bond acceptors (Lipinski definition) is 4. The highest BCUT2D eigenvalue weighted by Gasteiger charge is 2.01. The minimum absolute atomic E-state index is 0.294. The average molecular weight is 155 g/mol. The van der Waals surface area contributed by atoms with Gasteiger partial charge in [-0.3, -0.25) is 0 Å². The Hall–Kier alpha value is -1.39. The summed E-state index contributed by atoms with van der Waals surface area (Å²) >= 11 is 0. The molecule has 0 unspecified atom stereocenters. The molecule has 0 aliphatic rings. The van der Waals surface area contributed by atoms with E-state index in [9.17, 15) is 4.79 Å². The van der Waals surface area contributed by atoms with Crippen molar-refractivity contribution >= 4 is 5.97 Å². The molecule has 0 fully saturated rings. The molecule has 0 aliphatic carbocycles. The monoisotopic (exact) mass is 155 g/mol. The van der Waals surface area contributed by atoms with Crippen LogP contribution in [0.15, 0.2) is 12.7 Å². The third kappa shape index (κ3) is 2.37. The van der Waals surface area contributed by atoms with Gasteiger partial charge in [0, 0.05) is 6.42 Å². The van der Waals surface area contributed by atoms with Crippen LogP contribution in [0.25, 0.3) is 0 Å². The summed E-state index contributed by atoms with van der Waals surface area (Å²) in [5.74, 6) is -0.294. The van der Waals surface area contributed by atoms with Gasteiger partial charge in [-0.25, -0.2) is 9.78 Å². The fraction of sp³-hybridized carbons (Fsp3) is 0.500. The summed E-state index contributed by atoms with van der Waals surface area (Å²) in [4.78, 5) is 20.1. The Balaban J connectivity index is 2.37. The van der Waals surface area contributed by atoms with Crippen LogP contribution in [0.4, 0.5) is 0 Å². The van der Waals surface area contributed by atoms with E-state index in [1.165, 1.54) is 12.7 Å². The summed E-state index contributed by atoms with van der Waals surface area (Å²) in [6.07, 6.45) is 3.81. The summed E-state index contributed by atoms with van der Waals surface area (Å²) in [6, 6.07) is 0. The van der Waals surface area contributed by atoms with Gasteiger partial charge in [0.25, 0.3) is 0 Å². The Morgan fingerprint density at radius 1 is 1.73 bits per heavy atom. The molecule has 1 rings (SSSR count). The van der Waals surface area contributed by atoms with Crippen LogP contribution in [0, 0.1) is 0 Å². The van der Waals surface area contributed by atoms with Gasteiger partial charge in [-0.2, -0.15) is 0 Å². The lowest BCUT2D eigenvalue weighted by Gasteiger charge is -1.98. The van der Waals surface area contributed by atoms with Gasteiger partial charge in [-0.1, -0.05) is 11.8 Å². The van der Waals surface area contributed by atoms with Crippen molar-refractivity contribution in [2.24, 2.45) is 0 Å². The van der Waals surface area contributed by atoms with Crippen LogP contribution in [-0.2, 0) is 4.79 Å². The first-order valence-electron chi connectivity index (χ1n) is 3.38. The molecule has 0 saturated carbocycles. The smallest absolute Gasteiger partial charge is 0.318 e. The van der Waals surface area contributed by atoms with E-state index in [0.29, 0.717) is 6.42 Å². The predicted octanol–water partition coefficient (Wildman–Crippen LogP) is 0.0334. The molecule has 5 heteroatoms. The van der Waals surface area contributed by atoms with E-state index in [0.717, 1.165) is 11.3 Å². The molecule has 0 N–H and O–H groups in total. The Kier molecular flexibility index (Phi) is 2.59. The zero-order chi connectivity index (χ0) is 8.10. The maximum absolute atomic E-state index is 10.8. The molecule has 5 nitrogen and oxygen atoms in total. The summed E-state index contributed by atoms with van der Waals surface area (Å²) in [5.41, 5.74) is 0. The molecule has 60 valence electrons. The second kappa shape index (κ2) is 3.70. The third-order valence-electron chi connectivity index (χ3n) is 1.05. The molecule has 1 aromatic rings. The van der Waals surface area contributed by atoms with Crippen molar-refractivity contribution in [2.75, 3.05) is 0 Å². The standard InChI is InChI=1S/C6H9N3O2/c1-2-3-6(10)11-9-5-7-4-8-9/h4-5H,2-3H2,1H3. The first kappa shape index (κ1) is 7.71. The number of aromatic nitrogens is 3. The van der Waals surface area contributed by atoms with Crippen molar-refractivity contribution in [3.8, 4) is 0 Å². The first-order chi connectivity index (χ1) is 5.33. The zero-order valence-electron chi connectivity index (χ0n) is 6.23. The van der Waals surface area contributed by atoms with E-state index >= 15 is 0 Å². The van der Waals surface area contributed by atoms with Gasteiger partial charge in [0.15, 0.2) is 6.33 Å². The van der Waals surface area contributed by atoms with E-state index in [4.69, 9.17) is 4.84 Å². The predicted molar refractivity (Wildman–Crippen MR) is 36.5 cm³/mol. The molecule has 0 spiro atoms. The first-order valence-corrected chi connectivity index (χ1v) is 3.38. The molecule has 1 heterocycles. The minimum atomic E-state index is -0.294. The molecule has 0 saturated heterocycles. The minimum Gasteiger partial charge on any atom is -0.318 e. The molecule has 11 heavy (non-hydrogen) atoms. The van der Waals surface area contributed by atoms with Crippen molar-refractivity contribution in [3.63, 3.8) is 0 Å². The number of hydrogen-bond donors (Lipinski definition) is 0. The average Bonchev–Trinajstić information content (AvgIpc) is 2.40. The summed E-state index contributed by atoms with van der Waals surface area (Å²) in [6.45, 7) is 1.91. The molecule has 0 atom stereocenters. The SMILES string of the molecule is CCCC(=O)On1cncn1. The second-order valence-electron chi connectivity index (χ2n) is 2.01. The lowest BCUT2D eigenvalue weighted by molar-refractivity contribution is -0.145. The fourth-order valence-corrected chi connectivity index (χ4v) is 0.599. The van der Waals surface area contributed by atoms with Crippen molar-refractivity contribution in [1.82, 2.24) is 14.9 Å². The van der Waals surface area contributed by atoms with Crippen molar-refractivity contribution in [3.05, 3.63) is 12.7 Å². The van der Waals surface area contributed by atoms with Gasteiger partial charge in [0.05, 0.1) is 0 Å². The Labute approximate surface area is 63.9 Å². The van der Waals surface area contributed by atoms with Crippen LogP contribution >= 0.6 is 0 Å².